The van der Waals surface area contributed by atoms with Crippen LogP contribution >= 0.6 is 27.3 Å². The fourth-order valence-corrected chi connectivity index (χ4v) is 3.03. The fourth-order valence-electron chi connectivity index (χ4n) is 1.73. The number of nitrogens with one attached hydrogen (secondary N) is 1. The first-order chi connectivity index (χ1) is 8.66. The van der Waals surface area contributed by atoms with Crippen molar-refractivity contribution in [2.24, 2.45) is 0 Å². The second-order valence-corrected chi connectivity index (χ2v) is 6.02. The van der Waals surface area contributed by atoms with Crippen molar-refractivity contribution < 1.29 is 4.79 Å². The topological polar surface area (TPSA) is 29.1 Å². The van der Waals surface area contributed by atoms with Crippen molar-refractivity contribution in [3.05, 3.63) is 56.7 Å². The van der Waals surface area contributed by atoms with Crippen LogP contribution in [0.1, 0.15) is 22.2 Å². The molecule has 1 amide bonds. The van der Waals surface area contributed by atoms with Crippen LogP contribution in [0.25, 0.3) is 0 Å². The van der Waals surface area contributed by atoms with Crippen LogP contribution in [0.15, 0.2) is 46.3 Å². The molecule has 18 heavy (non-hydrogen) atoms. The van der Waals surface area contributed by atoms with E-state index < -0.39 is 0 Å². The van der Waals surface area contributed by atoms with Gasteiger partial charge in [-0.3, -0.25) is 4.79 Å². The highest BCUT2D eigenvalue weighted by molar-refractivity contribution is 9.10. The van der Waals surface area contributed by atoms with Crippen LogP contribution in [0.4, 0.5) is 0 Å². The molecule has 94 valence electrons. The summed E-state index contributed by atoms with van der Waals surface area (Å²) < 4.78 is 0.825. The van der Waals surface area contributed by atoms with Gasteiger partial charge in [0.25, 0.3) is 5.91 Å². The van der Waals surface area contributed by atoms with Crippen molar-refractivity contribution in [1.29, 1.82) is 0 Å². The van der Waals surface area contributed by atoms with E-state index in [-0.39, 0.29) is 11.9 Å². The largest absolute Gasteiger partial charge is 0.349 e. The Morgan fingerprint density at radius 1 is 1.33 bits per heavy atom. The first kappa shape index (κ1) is 13.3. The number of amides is 1. The number of rotatable bonds is 4. The van der Waals surface area contributed by atoms with Crippen LogP contribution in [-0.2, 0) is 6.42 Å². The van der Waals surface area contributed by atoms with Gasteiger partial charge in [0, 0.05) is 21.8 Å². The molecule has 1 aromatic heterocycles. The van der Waals surface area contributed by atoms with Crippen molar-refractivity contribution in [3.8, 4) is 0 Å². The average molecular weight is 324 g/mol. The van der Waals surface area contributed by atoms with Gasteiger partial charge in [-0.1, -0.05) is 18.2 Å². The van der Waals surface area contributed by atoms with E-state index in [1.54, 1.807) is 11.3 Å². The van der Waals surface area contributed by atoms with Gasteiger partial charge >= 0.3 is 0 Å². The molecule has 2 nitrogen and oxygen atoms in total. The third-order valence-electron chi connectivity index (χ3n) is 2.58. The molecule has 0 unspecified atom stereocenters. The molecule has 0 aliphatic heterocycles. The highest BCUT2D eigenvalue weighted by Crippen LogP contribution is 2.16. The van der Waals surface area contributed by atoms with Crippen molar-refractivity contribution in [2.45, 2.75) is 19.4 Å². The number of hydrogen-bond acceptors (Lipinski definition) is 2. The number of hydrogen-bond donors (Lipinski definition) is 1. The summed E-state index contributed by atoms with van der Waals surface area (Å²) in [5.74, 6) is -0.0356. The zero-order chi connectivity index (χ0) is 13.0. The van der Waals surface area contributed by atoms with E-state index in [4.69, 9.17) is 0 Å². The van der Waals surface area contributed by atoms with Crippen molar-refractivity contribution in [3.63, 3.8) is 0 Å². The third-order valence-corrected chi connectivity index (χ3v) is 4.17. The second kappa shape index (κ2) is 6.16. The monoisotopic (exact) mass is 323 g/mol. The quantitative estimate of drug-likeness (QED) is 0.909. The Morgan fingerprint density at radius 3 is 2.78 bits per heavy atom. The maximum atomic E-state index is 12.1. The molecule has 1 N–H and O–H groups in total. The Balaban J connectivity index is 1.97. The van der Waals surface area contributed by atoms with Crippen LogP contribution in [-0.4, -0.2) is 11.9 Å². The molecule has 0 aliphatic rings. The van der Waals surface area contributed by atoms with Crippen LogP contribution in [0.2, 0.25) is 0 Å². The molecule has 0 radical (unpaired) electrons. The van der Waals surface area contributed by atoms with Gasteiger partial charge in [-0.15, -0.1) is 11.3 Å². The SMILES string of the molecule is C[C@H](Cc1cccs1)NC(=O)c1ccccc1Br. The predicted molar refractivity (Wildman–Crippen MR) is 79.1 cm³/mol. The van der Waals surface area contributed by atoms with E-state index >= 15 is 0 Å². The lowest BCUT2D eigenvalue weighted by atomic mass is 10.1. The minimum absolute atomic E-state index is 0.0356. The van der Waals surface area contributed by atoms with Gasteiger partial charge in [0.05, 0.1) is 5.56 Å². The first-order valence-electron chi connectivity index (χ1n) is 5.74. The zero-order valence-corrected chi connectivity index (χ0v) is 12.4. The highest BCUT2D eigenvalue weighted by atomic mass is 79.9. The third kappa shape index (κ3) is 3.43. The molecule has 2 rings (SSSR count). The Morgan fingerprint density at radius 2 is 2.11 bits per heavy atom. The second-order valence-electron chi connectivity index (χ2n) is 4.14. The van der Waals surface area contributed by atoms with Crippen molar-refractivity contribution >= 4 is 33.2 Å². The summed E-state index contributed by atoms with van der Waals surface area (Å²) in [5.41, 5.74) is 0.676. The maximum absolute atomic E-state index is 12.1. The maximum Gasteiger partial charge on any atom is 0.252 e. The molecule has 0 aliphatic carbocycles. The van der Waals surface area contributed by atoms with E-state index in [9.17, 15) is 4.79 Å². The van der Waals surface area contributed by atoms with Gasteiger partial charge in [-0.05, 0) is 46.4 Å². The Hall–Kier alpha value is -1.13. The van der Waals surface area contributed by atoms with E-state index in [2.05, 4.69) is 32.7 Å². The summed E-state index contributed by atoms with van der Waals surface area (Å²) in [6.07, 6.45) is 0.869. The first-order valence-corrected chi connectivity index (χ1v) is 7.42. The fraction of sp³-hybridized carbons (Fsp3) is 0.214. The zero-order valence-electron chi connectivity index (χ0n) is 10.0. The molecule has 1 heterocycles. The normalized spacial score (nSPS) is 12.1. The molecule has 0 saturated carbocycles. The summed E-state index contributed by atoms with van der Waals surface area (Å²) in [7, 11) is 0. The number of thiophene rings is 1. The van der Waals surface area contributed by atoms with Gasteiger partial charge in [0.15, 0.2) is 0 Å². The van der Waals surface area contributed by atoms with Crippen molar-refractivity contribution in [2.75, 3.05) is 0 Å². The molecular formula is C14H14BrNOS. The standard InChI is InChI=1S/C14H14BrNOS/c1-10(9-11-5-4-8-18-11)16-14(17)12-6-2-3-7-13(12)15/h2-8,10H,9H2,1H3,(H,16,17)/t10-/m1/s1. The predicted octanol–water partition coefficient (Wildman–Crippen LogP) is 3.87. The lowest BCUT2D eigenvalue weighted by molar-refractivity contribution is 0.0939. The van der Waals surface area contributed by atoms with Crippen LogP contribution < -0.4 is 5.32 Å². The summed E-state index contributed by atoms with van der Waals surface area (Å²) in [4.78, 5) is 13.4. The number of halogens is 1. The van der Waals surface area contributed by atoms with E-state index in [0.717, 1.165) is 10.9 Å². The van der Waals surface area contributed by atoms with E-state index in [1.807, 2.05) is 37.3 Å². The Labute approximate surface area is 119 Å². The van der Waals surface area contributed by atoms with Crippen LogP contribution in [0.5, 0.6) is 0 Å². The number of benzene rings is 1. The molecule has 1 aromatic carbocycles. The molecule has 0 spiro atoms. The highest BCUT2D eigenvalue weighted by Gasteiger charge is 2.12. The lowest BCUT2D eigenvalue weighted by Gasteiger charge is -2.13. The minimum atomic E-state index is -0.0356. The average Bonchev–Trinajstić information content (AvgIpc) is 2.82. The van der Waals surface area contributed by atoms with Gasteiger partial charge < -0.3 is 5.32 Å². The molecule has 0 saturated heterocycles. The molecule has 4 heteroatoms. The Kier molecular flexibility index (Phi) is 4.55. The van der Waals surface area contributed by atoms with Gasteiger partial charge in [-0.2, -0.15) is 0 Å². The number of carbonyl (C=O) groups is 1. The smallest absolute Gasteiger partial charge is 0.252 e. The Bertz CT molecular complexity index is 524. The molecule has 1 atom stereocenters. The van der Waals surface area contributed by atoms with Crippen LogP contribution in [0.3, 0.4) is 0 Å². The van der Waals surface area contributed by atoms with Gasteiger partial charge in [0.2, 0.25) is 0 Å². The summed E-state index contributed by atoms with van der Waals surface area (Å²) >= 11 is 5.11. The van der Waals surface area contributed by atoms with Gasteiger partial charge in [-0.25, -0.2) is 0 Å². The lowest BCUT2D eigenvalue weighted by Crippen LogP contribution is -2.34. The molecule has 0 bridgehead atoms. The molecule has 2 aromatic rings. The molecule has 0 fully saturated rings. The number of carbonyl (C=O) groups excluding carboxylic acids is 1. The van der Waals surface area contributed by atoms with Gasteiger partial charge in [0.1, 0.15) is 0 Å². The van der Waals surface area contributed by atoms with Crippen LogP contribution in [0, 0.1) is 0 Å². The van der Waals surface area contributed by atoms with E-state index in [0.29, 0.717) is 5.56 Å². The summed E-state index contributed by atoms with van der Waals surface area (Å²) in [5, 5.41) is 5.07. The van der Waals surface area contributed by atoms with Crippen molar-refractivity contribution in [1.82, 2.24) is 5.32 Å². The minimum Gasteiger partial charge on any atom is -0.349 e. The molecular weight excluding hydrogens is 310 g/mol. The summed E-state index contributed by atoms with van der Waals surface area (Å²) in [6, 6.07) is 11.7. The van der Waals surface area contributed by atoms with E-state index in [1.165, 1.54) is 4.88 Å². The summed E-state index contributed by atoms with van der Waals surface area (Å²) in [6.45, 7) is 2.02.